The summed E-state index contributed by atoms with van der Waals surface area (Å²) in [4.78, 5) is 26.1. The van der Waals surface area contributed by atoms with Crippen LogP contribution < -0.4 is 11.1 Å². The highest BCUT2D eigenvalue weighted by Crippen LogP contribution is 2.28. The zero-order valence-electron chi connectivity index (χ0n) is 12.7. The molecule has 0 bridgehead atoms. The first kappa shape index (κ1) is 15.0. The van der Waals surface area contributed by atoms with Crippen molar-refractivity contribution in [2.75, 3.05) is 13.1 Å². The summed E-state index contributed by atoms with van der Waals surface area (Å²) in [5, 5.41) is 3.07. The monoisotopic (exact) mass is 301 g/mol. The average Bonchev–Trinajstić information content (AvgIpc) is 3.33. The maximum atomic E-state index is 12.1. The second kappa shape index (κ2) is 6.48. The maximum absolute atomic E-state index is 12.1. The first-order valence-corrected chi connectivity index (χ1v) is 8.04. The molecule has 1 atom stereocenters. The standard InChI is InChI=1S/C17H23N3O2/c18-16(21)15(12-4-2-1-3-5-12)20-10-8-13(9-11-20)17(22)19-14-6-7-14/h1-5,13-15H,6-11H2,(H2,18,21)(H,19,22). The molecule has 1 aromatic rings. The molecule has 118 valence electrons. The van der Waals surface area contributed by atoms with Crippen LogP contribution in [-0.2, 0) is 9.59 Å². The lowest BCUT2D eigenvalue weighted by molar-refractivity contribution is -0.128. The lowest BCUT2D eigenvalue weighted by atomic mass is 9.93. The minimum Gasteiger partial charge on any atom is -0.368 e. The Labute approximate surface area is 130 Å². The van der Waals surface area contributed by atoms with Crippen molar-refractivity contribution < 1.29 is 9.59 Å². The second-order valence-electron chi connectivity index (χ2n) is 6.31. The molecule has 5 nitrogen and oxygen atoms in total. The fourth-order valence-electron chi connectivity index (χ4n) is 3.16. The highest BCUT2D eigenvalue weighted by Gasteiger charge is 2.33. The first-order valence-electron chi connectivity index (χ1n) is 8.04. The van der Waals surface area contributed by atoms with Gasteiger partial charge in [-0.2, -0.15) is 0 Å². The molecule has 2 amide bonds. The first-order chi connectivity index (χ1) is 10.6. The van der Waals surface area contributed by atoms with Gasteiger partial charge in [-0.05, 0) is 44.3 Å². The Bertz CT molecular complexity index is 534. The fourth-order valence-corrected chi connectivity index (χ4v) is 3.16. The number of hydrogen-bond acceptors (Lipinski definition) is 3. The van der Waals surface area contributed by atoms with Gasteiger partial charge in [0, 0.05) is 12.0 Å². The van der Waals surface area contributed by atoms with Gasteiger partial charge in [-0.3, -0.25) is 14.5 Å². The summed E-state index contributed by atoms with van der Waals surface area (Å²) >= 11 is 0. The number of carbonyl (C=O) groups excluding carboxylic acids is 2. The Morgan fingerprint density at radius 1 is 1.09 bits per heavy atom. The number of nitrogens with one attached hydrogen (secondary N) is 1. The molecular weight excluding hydrogens is 278 g/mol. The van der Waals surface area contributed by atoms with Crippen LogP contribution in [0.15, 0.2) is 30.3 Å². The summed E-state index contributed by atoms with van der Waals surface area (Å²) in [5.41, 5.74) is 6.54. The van der Waals surface area contributed by atoms with Crippen molar-refractivity contribution in [3.63, 3.8) is 0 Å². The molecule has 2 fully saturated rings. The van der Waals surface area contributed by atoms with Crippen molar-refractivity contribution in [2.24, 2.45) is 11.7 Å². The smallest absolute Gasteiger partial charge is 0.239 e. The van der Waals surface area contributed by atoms with E-state index in [0.29, 0.717) is 6.04 Å². The van der Waals surface area contributed by atoms with Crippen molar-refractivity contribution in [1.82, 2.24) is 10.2 Å². The lowest BCUT2D eigenvalue weighted by Crippen LogP contribution is -2.45. The molecule has 0 aromatic heterocycles. The van der Waals surface area contributed by atoms with E-state index >= 15 is 0 Å². The summed E-state index contributed by atoms with van der Waals surface area (Å²) in [6, 6.07) is 9.64. The topological polar surface area (TPSA) is 75.4 Å². The number of hydrogen-bond donors (Lipinski definition) is 2. The summed E-state index contributed by atoms with van der Waals surface area (Å²) < 4.78 is 0. The molecule has 1 aliphatic heterocycles. The number of benzene rings is 1. The maximum Gasteiger partial charge on any atom is 0.239 e. The van der Waals surface area contributed by atoms with Crippen LogP contribution >= 0.6 is 0 Å². The molecule has 3 N–H and O–H groups in total. The Hall–Kier alpha value is -1.88. The Morgan fingerprint density at radius 3 is 2.27 bits per heavy atom. The highest BCUT2D eigenvalue weighted by atomic mass is 16.2. The number of primary amides is 1. The summed E-state index contributed by atoms with van der Waals surface area (Å²) in [6.07, 6.45) is 3.80. The second-order valence-corrected chi connectivity index (χ2v) is 6.31. The van der Waals surface area contributed by atoms with Gasteiger partial charge in [0.1, 0.15) is 6.04 Å². The van der Waals surface area contributed by atoms with Gasteiger partial charge in [0.25, 0.3) is 0 Å². The quantitative estimate of drug-likeness (QED) is 0.858. The van der Waals surface area contributed by atoms with Crippen LogP contribution in [0, 0.1) is 5.92 Å². The van der Waals surface area contributed by atoms with Crippen LogP contribution in [0.1, 0.15) is 37.3 Å². The van der Waals surface area contributed by atoms with Crippen LogP contribution in [0.4, 0.5) is 0 Å². The third-order valence-corrected chi connectivity index (χ3v) is 4.57. The van der Waals surface area contributed by atoms with E-state index in [-0.39, 0.29) is 17.7 Å². The van der Waals surface area contributed by atoms with E-state index in [1.54, 1.807) is 0 Å². The molecule has 1 aromatic carbocycles. The Balaban J connectivity index is 1.61. The van der Waals surface area contributed by atoms with Crippen molar-refractivity contribution >= 4 is 11.8 Å². The third kappa shape index (κ3) is 3.47. The van der Waals surface area contributed by atoms with Gasteiger partial charge in [-0.1, -0.05) is 30.3 Å². The number of amides is 2. The van der Waals surface area contributed by atoms with E-state index in [1.165, 1.54) is 0 Å². The molecule has 5 heteroatoms. The van der Waals surface area contributed by atoms with Gasteiger partial charge in [-0.25, -0.2) is 0 Å². The van der Waals surface area contributed by atoms with Gasteiger partial charge in [0.15, 0.2) is 0 Å². The van der Waals surface area contributed by atoms with Gasteiger partial charge in [-0.15, -0.1) is 0 Å². The number of likely N-dealkylation sites (tertiary alicyclic amines) is 1. The van der Waals surface area contributed by atoms with Gasteiger partial charge < -0.3 is 11.1 Å². The average molecular weight is 301 g/mol. The zero-order chi connectivity index (χ0) is 15.5. The molecule has 1 unspecified atom stereocenters. The van der Waals surface area contributed by atoms with E-state index in [4.69, 9.17) is 5.73 Å². The van der Waals surface area contributed by atoms with Gasteiger partial charge in [0.2, 0.25) is 11.8 Å². The SMILES string of the molecule is NC(=O)C(c1ccccc1)N1CCC(C(=O)NC2CC2)CC1. The highest BCUT2D eigenvalue weighted by molar-refractivity contribution is 5.82. The largest absolute Gasteiger partial charge is 0.368 e. The summed E-state index contributed by atoms with van der Waals surface area (Å²) in [6.45, 7) is 1.45. The van der Waals surface area contributed by atoms with Crippen molar-refractivity contribution in [3.8, 4) is 0 Å². The molecule has 2 aliphatic rings. The predicted molar refractivity (Wildman–Crippen MR) is 83.8 cm³/mol. The van der Waals surface area contributed by atoms with Crippen molar-refractivity contribution in [2.45, 2.75) is 37.8 Å². The van der Waals surface area contributed by atoms with Crippen LogP contribution in [0.2, 0.25) is 0 Å². The van der Waals surface area contributed by atoms with Gasteiger partial charge >= 0.3 is 0 Å². The van der Waals surface area contributed by atoms with E-state index in [2.05, 4.69) is 10.2 Å². The normalized spacial score (nSPS) is 21.3. The van der Waals surface area contributed by atoms with Crippen molar-refractivity contribution in [3.05, 3.63) is 35.9 Å². The van der Waals surface area contributed by atoms with Crippen molar-refractivity contribution in [1.29, 1.82) is 0 Å². The number of nitrogens with zero attached hydrogens (tertiary/aromatic N) is 1. The predicted octanol–water partition coefficient (Wildman–Crippen LogP) is 1.20. The molecule has 22 heavy (non-hydrogen) atoms. The van der Waals surface area contributed by atoms with Crippen LogP contribution in [0.3, 0.4) is 0 Å². The van der Waals surface area contributed by atoms with E-state index in [0.717, 1.165) is 44.3 Å². The van der Waals surface area contributed by atoms with Crippen LogP contribution in [-0.4, -0.2) is 35.8 Å². The molecule has 1 heterocycles. The molecule has 3 rings (SSSR count). The number of carbonyl (C=O) groups is 2. The summed E-state index contributed by atoms with van der Waals surface area (Å²) in [5.74, 6) is -0.0780. The minimum atomic E-state index is -0.395. The molecule has 1 saturated carbocycles. The Kier molecular flexibility index (Phi) is 4.43. The molecule has 1 saturated heterocycles. The number of rotatable bonds is 5. The third-order valence-electron chi connectivity index (χ3n) is 4.57. The lowest BCUT2D eigenvalue weighted by Gasteiger charge is -2.35. The van der Waals surface area contributed by atoms with Crippen LogP contribution in [0.5, 0.6) is 0 Å². The Morgan fingerprint density at radius 2 is 1.73 bits per heavy atom. The zero-order valence-corrected chi connectivity index (χ0v) is 12.7. The molecule has 0 radical (unpaired) electrons. The number of piperidine rings is 1. The van der Waals surface area contributed by atoms with E-state index in [9.17, 15) is 9.59 Å². The molecular formula is C17H23N3O2. The molecule has 0 spiro atoms. The van der Waals surface area contributed by atoms with E-state index < -0.39 is 6.04 Å². The van der Waals surface area contributed by atoms with Crippen LogP contribution in [0.25, 0.3) is 0 Å². The van der Waals surface area contributed by atoms with E-state index in [1.807, 2.05) is 30.3 Å². The fraction of sp³-hybridized carbons (Fsp3) is 0.529. The molecule has 1 aliphatic carbocycles. The van der Waals surface area contributed by atoms with Gasteiger partial charge in [0.05, 0.1) is 0 Å². The number of nitrogens with two attached hydrogens (primary N) is 1. The minimum absolute atomic E-state index is 0.0705. The summed E-state index contributed by atoms with van der Waals surface area (Å²) in [7, 11) is 0.